The van der Waals surface area contributed by atoms with Gasteiger partial charge in [0.1, 0.15) is 0 Å². The molecule has 1 unspecified atom stereocenters. The molecule has 0 bridgehead atoms. The molecule has 0 amide bonds. The van der Waals surface area contributed by atoms with Crippen LogP contribution in [-0.4, -0.2) is 18.4 Å². The molecule has 5 nitrogen and oxygen atoms in total. The third kappa shape index (κ3) is 2.38. The minimum absolute atomic E-state index is 0.0283. The minimum Gasteiger partial charge on any atom is -0.399 e. The van der Waals surface area contributed by atoms with Crippen molar-refractivity contribution in [2.24, 2.45) is 0 Å². The summed E-state index contributed by atoms with van der Waals surface area (Å²) in [5.41, 5.74) is 8.20. The Morgan fingerprint density at radius 2 is 1.86 bits per heavy atom. The Balaban J connectivity index is 2.08. The summed E-state index contributed by atoms with van der Waals surface area (Å²) in [6, 6.07) is 14.2. The van der Waals surface area contributed by atoms with Crippen LogP contribution in [0.4, 0.5) is 5.69 Å². The number of anilines is 1. The first-order valence-electron chi connectivity index (χ1n) is 6.52. The van der Waals surface area contributed by atoms with Gasteiger partial charge < -0.3 is 10.7 Å². The molecular weight excluding hydrogens is 286 g/mol. The van der Waals surface area contributed by atoms with Crippen LogP contribution in [0.2, 0.25) is 0 Å². The van der Waals surface area contributed by atoms with Gasteiger partial charge in [-0.1, -0.05) is 30.3 Å². The molecule has 1 atom stereocenters. The highest BCUT2D eigenvalue weighted by molar-refractivity contribution is 7.91. The molecule has 1 heterocycles. The second kappa shape index (κ2) is 4.89. The van der Waals surface area contributed by atoms with E-state index in [1.165, 1.54) is 0 Å². The van der Waals surface area contributed by atoms with E-state index in [0.29, 0.717) is 16.7 Å². The Labute approximate surface area is 122 Å². The summed E-state index contributed by atoms with van der Waals surface area (Å²) in [5, 5.41) is -0.698. The number of nitrogens with one attached hydrogen (secondary N) is 1. The van der Waals surface area contributed by atoms with Crippen LogP contribution in [0.1, 0.15) is 17.7 Å². The predicted octanol–water partition coefficient (Wildman–Crippen LogP) is 2.68. The first-order valence-corrected chi connectivity index (χ1v) is 8.07. The summed E-state index contributed by atoms with van der Waals surface area (Å²) < 4.78 is 25.3. The normalized spacial score (nSPS) is 13.4. The van der Waals surface area contributed by atoms with Gasteiger partial charge in [0.05, 0.1) is 16.3 Å². The van der Waals surface area contributed by atoms with E-state index in [4.69, 9.17) is 5.73 Å². The van der Waals surface area contributed by atoms with Gasteiger partial charge in [-0.2, -0.15) is 0 Å². The van der Waals surface area contributed by atoms with Crippen LogP contribution in [-0.2, 0) is 9.84 Å². The van der Waals surface area contributed by atoms with E-state index in [1.807, 2.05) is 18.2 Å². The minimum atomic E-state index is -3.57. The van der Waals surface area contributed by atoms with Gasteiger partial charge in [-0.15, -0.1) is 0 Å². The largest absolute Gasteiger partial charge is 0.399 e. The van der Waals surface area contributed by atoms with E-state index in [1.54, 1.807) is 37.3 Å². The molecule has 3 N–H and O–H groups in total. The Morgan fingerprint density at radius 1 is 1.14 bits per heavy atom. The smallest absolute Gasteiger partial charge is 0.226 e. The average molecular weight is 301 g/mol. The van der Waals surface area contributed by atoms with Gasteiger partial charge in [0.2, 0.25) is 15.0 Å². The van der Waals surface area contributed by atoms with Gasteiger partial charge in [0.15, 0.2) is 0 Å². The number of H-pyrrole nitrogens is 1. The predicted molar refractivity (Wildman–Crippen MR) is 82.5 cm³/mol. The van der Waals surface area contributed by atoms with Crippen molar-refractivity contribution in [1.82, 2.24) is 9.97 Å². The number of nitrogens with zero attached hydrogens (tertiary/aromatic N) is 1. The van der Waals surface area contributed by atoms with Gasteiger partial charge in [-0.05, 0) is 30.7 Å². The molecule has 0 spiro atoms. The zero-order valence-electron chi connectivity index (χ0n) is 11.4. The summed E-state index contributed by atoms with van der Waals surface area (Å²) in [5.74, 6) is 0. The molecule has 0 radical (unpaired) electrons. The van der Waals surface area contributed by atoms with E-state index >= 15 is 0 Å². The van der Waals surface area contributed by atoms with Crippen molar-refractivity contribution in [3.05, 3.63) is 54.1 Å². The van der Waals surface area contributed by atoms with Crippen molar-refractivity contribution in [2.45, 2.75) is 17.3 Å². The second-order valence-corrected chi connectivity index (χ2v) is 7.10. The molecule has 0 saturated heterocycles. The number of hydrogen-bond donors (Lipinski definition) is 2. The molecule has 2 aromatic carbocycles. The number of benzene rings is 2. The van der Waals surface area contributed by atoms with Gasteiger partial charge in [-0.3, -0.25) is 0 Å². The maximum atomic E-state index is 12.7. The van der Waals surface area contributed by atoms with Crippen molar-refractivity contribution in [2.75, 3.05) is 5.73 Å². The first-order chi connectivity index (χ1) is 9.98. The van der Waals surface area contributed by atoms with Crippen LogP contribution in [0.5, 0.6) is 0 Å². The summed E-state index contributed by atoms with van der Waals surface area (Å²) >= 11 is 0. The molecule has 0 saturated carbocycles. The lowest BCUT2D eigenvalue weighted by atomic mass is 10.2. The lowest BCUT2D eigenvalue weighted by molar-refractivity contribution is 0.579. The Morgan fingerprint density at radius 3 is 2.57 bits per heavy atom. The first kappa shape index (κ1) is 13.6. The van der Waals surface area contributed by atoms with Crippen LogP contribution >= 0.6 is 0 Å². The van der Waals surface area contributed by atoms with Crippen molar-refractivity contribution in [3.63, 3.8) is 0 Å². The molecular formula is C15H15N3O2S. The number of imidazole rings is 1. The molecule has 0 aliphatic heterocycles. The number of aromatic amines is 1. The number of sulfone groups is 1. The van der Waals surface area contributed by atoms with Crippen molar-refractivity contribution in [3.8, 4) is 0 Å². The van der Waals surface area contributed by atoms with Gasteiger partial charge >= 0.3 is 0 Å². The van der Waals surface area contributed by atoms with Crippen molar-refractivity contribution < 1.29 is 8.42 Å². The summed E-state index contributed by atoms with van der Waals surface area (Å²) in [7, 11) is -3.57. The van der Waals surface area contributed by atoms with E-state index in [9.17, 15) is 8.42 Å². The Hall–Kier alpha value is -2.34. The van der Waals surface area contributed by atoms with Crippen molar-refractivity contribution >= 4 is 26.6 Å². The average Bonchev–Trinajstić information content (AvgIpc) is 2.91. The SMILES string of the molecule is CC(c1ccccc1)S(=O)(=O)c1nc2ccc(N)cc2[nH]1. The third-order valence-corrected chi connectivity index (χ3v) is 5.42. The van der Waals surface area contributed by atoms with Crippen LogP contribution in [0.3, 0.4) is 0 Å². The highest BCUT2D eigenvalue weighted by Gasteiger charge is 2.28. The van der Waals surface area contributed by atoms with E-state index in [-0.39, 0.29) is 5.16 Å². The lowest BCUT2D eigenvalue weighted by Gasteiger charge is -2.10. The van der Waals surface area contributed by atoms with Crippen LogP contribution < -0.4 is 5.73 Å². The summed E-state index contributed by atoms with van der Waals surface area (Å²) in [6.07, 6.45) is 0. The molecule has 3 rings (SSSR count). The quantitative estimate of drug-likeness (QED) is 0.728. The topological polar surface area (TPSA) is 88.8 Å². The van der Waals surface area contributed by atoms with Crippen LogP contribution in [0.25, 0.3) is 11.0 Å². The van der Waals surface area contributed by atoms with Crippen LogP contribution in [0, 0.1) is 0 Å². The molecule has 108 valence electrons. The number of rotatable bonds is 3. The maximum absolute atomic E-state index is 12.7. The van der Waals surface area contributed by atoms with E-state index < -0.39 is 15.1 Å². The maximum Gasteiger partial charge on any atom is 0.226 e. The fourth-order valence-electron chi connectivity index (χ4n) is 2.21. The Kier molecular flexibility index (Phi) is 3.17. The molecule has 0 aliphatic rings. The molecule has 0 aliphatic carbocycles. The molecule has 21 heavy (non-hydrogen) atoms. The number of nitrogens with two attached hydrogens (primary N) is 1. The second-order valence-electron chi connectivity index (χ2n) is 4.92. The number of hydrogen-bond acceptors (Lipinski definition) is 4. The Bertz CT molecular complexity index is 886. The molecule has 6 heteroatoms. The van der Waals surface area contributed by atoms with E-state index in [2.05, 4.69) is 9.97 Å². The van der Waals surface area contributed by atoms with E-state index in [0.717, 1.165) is 5.56 Å². The van der Waals surface area contributed by atoms with Gasteiger partial charge in [-0.25, -0.2) is 13.4 Å². The number of aromatic nitrogens is 2. The standard InChI is InChI=1S/C15H15N3O2S/c1-10(11-5-3-2-4-6-11)21(19,20)15-17-13-8-7-12(16)9-14(13)18-15/h2-10H,16H2,1H3,(H,17,18). The highest BCUT2D eigenvalue weighted by atomic mass is 32.2. The van der Waals surface area contributed by atoms with Gasteiger partial charge in [0, 0.05) is 5.69 Å². The zero-order valence-corrected chi connectivity index (χ0v) is 12.3. The summed E-state index contributed by atoms with van der Waals surface area (Å²) in [4.78, 5) is 7.02. The number of fused-ring (bicyclic) bond motifs is 1. The third-order valence-electron chi connectivity index (χ3n) is 3.49. The zero-order chi connectivity index (χ0) is 15.0. The van der Waals surface area contributed by atoms with Crippen molar-refractivity contribution in [1.29, 1.82) is 0 Å². The van der Waals surface area contributed by atoms with Gasteiger partial charge in [0.25, 0.3) is 0 Å². The summed E-state index contributed by atoms with van der Waals surface area (Å²) in [6.45, 7) is 1.66. The number of nitrogen functional groups attached to an aromatic ring is 1. The molecule has 1 aromatic heterocycles. The lowest BCUT2D eigenvalue weighted by Crippen LogP contribution is -2.12. The monoisotopic (exact) mass is 301 g/mol. The molecule has 0 fully saturated rings. The highest BCUT2D eigenvalue weighted by Crippen LogP contribution is 2.28. The van der Waals surface area contributed by atoms with Crippen LogP contribution in [0.15, 0.2) is 53.7 Å². The fourth-order valence-corrected chi connectivity index (χ4v) is 3.54. The molecule has 3 aromatic rings. The fraction of sp³-hybridized carbons (Fsp3) is 0.133.